The van der Waals surface area contributed by atoms with Gasteiger partial charge >= 0.3 is 0 Å². The van der Waals surface area contributed by atoms with E-state index < -0.39 is 5.60 Å². The second-order valence-corrected chi connectivity index (χ2v) is 7.33. The largest absolute Gasteiger partial charge is 0.377 e. The second kappa shape index (κ2) is 7.21. The molecule has 6 nitrogen and oxygen atoms in total. The molecule has 2 aromatic heterocycles. The molecule has 0 bridgehead atoms. The van der Waals surface area contributed by atoms with Crippen molar-refractivity contribution in [3.8, 4) is 0 Å². The standard InChI is InChI=1S/C18H21N3O3S/c22-17-10-24-18(13-21(17)16-3-8-25-11-16)12-20(6-7-23-14-18)9-15-1-4-19-5-2-15/h1-5,8,11H,6-7,9-10,12-14H2/t18-/m0/s1. The normalized spacial score (nSPS) is 25.3. The highest BCUT2D eigenvalue weighted by Crippen LogP contribution is 2.28. The molecule has 0 unspecified atom stereocenters. The number of carbonyl (C=O) groups excluding carboxylic acids is 1. The van der Waals surface area contributed by atoms with E-state index in [2.05, 4.69) is 9.88 Å². The molecule has 0 N–H and O–H groups in total. The van der Waals surface area contributed by atoms with Crippen molar-refractivity contribution < 1.29 is 14.3 Å². The molecule has 2 aliphatic heterocycles. The molecular formula is C18H21N3O3S. The number of pyridine rings is 1. The van der Waals surface area contributed by atoms with Crippen LogP contribution in [0.3, 0.4) is 0 Å². The van der Waals surface area contributed by atoms with Crippen molar-refractivity contribution >= 4 is 22.9 Å². The van der Waals surface area contributed by atoms with Gasteiger partial charge in [-0.1, -0.05) is 0 Å². The summed E-state index contributed by atoms with van der Waals surface area (Å²) >= 11 is 1.59. The van der Waals surface area contributed by atoms with E-state index >= 15 is 0 Å². The Labute approximate surface area is 151 Å². The molecule has 132 valence electrons. The van der Waals surface area contributed by atoms with Crippen LogP contribution in [-0.2, 0) is 20.8 Å². The van der Waals surface area contributed by atoms with Gasteiger partial charge in [-0.25, -0.2) is 0 Å². The maximum absolute atomic E-state index is 12.3. The maximum Gasteiger partial charge on any atom is 0.253 e. The molecule has 4 heterocycles. The van der Waals surface area contributed by atoms with Gasteiger partial charge in [0.15, 0.2) is 0 Å². The Bertz CT molecular complexity index is 710. The van der Waals surface area contributed by atoms with Crippen LogP contribution in [-0.4, -0.2) is 60.8 Å². The van der Waals surface area contributed by atoms with Crippen molar-refractivity contribution in [1.82, 2.24) is 9.88 Å². The molecule has 2 saturated heterocycles. The van der Waals surface area contributed by atoms with E-state index in [4.69, 9.17) is 9.47 Å². The highest BCUT2D eigenvalue weighted by atomic mass is 32.1. The number of hydrogen-bond donors (Lipinski definition) is 0. The Morgan fingerprint density at radius 3 is 2.92 bits per heavy atom. The van der Waals surface area contributed by atoms with Gasteiger partial charge in [-0.2, -0.15) is 11.3 Å². The molecule has 0 aliphatic carbocycles. The predicted molar refractivity (Wildman–Crippen MR) is 95.7 cm³/mol. The summed E-state index contributed by atoms with van der Waals surface area (Å²) in [7, 11) is 0. The van der Waals surface area contributed by atoms with Crippen LogP contribution in [0.15, 0.2) is 41.4 Å². The average molecular weight is 359 g/mol. The van der Waals surface area contributed by atoms with Gasteiger partial charge in [-0.3, -0.25) is 14.7 Å². The zero-order valence-electron chi connectivity index (χ0n) is 14.0. The number of thiophene rings is 1. The molecule has 1 amide bonds. The number of nitrogens with zero attached hydrogens (tertiary/aromatic N) is 3. The highest BCUT2D eigenvalue weighted by molar-refractivity contribution is 7.08. The van der Waals surface area contributed by atoms with Crippen molar-refractivity contribution in [3.63, 3.8) is 0 Å². The van der Waals surface area contributed by atoms with Crippen LogP contribution in [0.4, 0.5) is 5.69 Å². The Morgan fingerprint density at radius 1 is 1.24 bits per heavy atom. The number of ether oxygens (including phenoxy) is 2. The van der Waals surface area contributed by atoms with E-state index in [1.807, 2.05) is 46.3 Å². The number of carbonyl (C=O) groups is 1. The third kappa shape index (κ3) is 3.74. The molecule has 0 saturated carbocycles. The zero-order valence-corrected chi connectivity index (χ0v) is 14.8. The first kappa shape index (κ1) is 16.7. The SMILES string of the molecule is O=C1CO[C@]2(COCCN(Cc3ccncc3)C2)CN1c1ccsc1. The molecular weight excluding hydrogens is 338 g/mol. The first-order chi connectivity index (χ1) is 12.2. The highest BCUT2D eigenvalue weighted by Gasteiger charge is 2.43. The number of anilines is 1. The van der Waals surface area contributed by atoms with E-state index in [-0.39, 0.29) is 12.5 Å². The van der Waals surface area contributed by atoms with Crippen LogP contribution in [0.25, 0.3) is 0 Å². The number of rotatable bonds is 3. The summed E-state index contributed by atoms with van der Waals surface area (Å²) in [6.45, 7) is 4.21. The molecule has 25 heavy (non-hydrogen) atoms. The third-order valence-electron chi connectivity index (χ3n) is 4.65. The molecule has 7 heteroatoms. The van der Waals surface area contributed by atoms with Crippen LogP contribution in [0.2, 0.25) is 0 Å². The quantitative estimate of drug-likeness (QED) is 0.836. The predicted octanol–water partition coefficient (Wildman–Crippen LogP) is 1.78. The van der Waals surface area contributed by atoms with E-state index in [0.29, 0.717) is 19.8 Å². The lowest BCUT2D eigenvalue weighted by molar-refractivity contribution is -0.146. The van der Waals surface area contributed by atoms with Crippen LogP contribution in [0, 0.1) is 0 Å². The first-order valence-electron chi connectivity index (χ1n) is 8.40. The molecule has 1 spiro atoms. The minimum Gasteiger partial charge on any atom is -0.377 e. The molecule has 0 aromatic carbocycles. The van der Waals surface area contributed by atoms with Crippen LogP contribution < -0.4 is 4.90 Å². The fraction of sp³-hybridized carbons (Fsp3) is 0.444. The van der Waals surface area contributed by atoms with E-state index in [1.165, 1.54) is 5.56 Å². The first-order valence-corrected chi connectivity index (χ1v) is 9.34. The van der Waals surface area contributed by atoms with Gasteiger partial charge in [0.2, 0.25) is 0 Å². The monoisotopic (exact) mass is 359 g/mol. The Hall–Kier alpha value is -1.80. The van der Waals surface area contributed by atoms with Crippen LogP contribution >= 0.6 is 11.3 Å². The van der Waals surface area contributed by atoms with E-state index in [0.717, 1.165) is 25.3 Å². The maximum atomic E-state index is 12.3. The smallest absolute Gasteiger partial charge is 0.253 e. The van der Waals surface area contributed by atoms with Gasteiger partial charge in [0.05, 0.1) is 25.4 Å². The summed E-state index contributed by atoms with van der Waals surface area (Å²) < 4.78 is 11.9. The zero-order chi connectivity index (χ0) is 17.1. The summed E-state index contributed by atoms with van der Waals surface area (Å²) in [5.41, 5.74) is 1.68. The van der Waals surface area contributed by atoms with Crippen molar-refractivity contribution in [3.05, 3.63) is 46.9 Å². The van der Waals surface area contributed by atoms with Crippen LogP contribution in [0.5, 0.6) is 0 Å². The van der Waals surface area contributed by atoms with Gasteiger partial charge in [-0.15, -0.1) is 0 Å². The van der Waals surface area contributed by atoms with Gasteiger partial charge in [0, 0.05) is 37.4 Å². The molecule has 2 aromatic rings. The van der Waals surface area contributed by atoms with Gasteiger partial charge in [-0.05, 0) is 29.1 Å². The summed E-state index contributed by atoms with van der Waals surface area (Å²) in [4.78, 5) is 20.6. The molecule has 1 atom stereocenters. The molecule has 2 fully saturated rings. The topological polar surface area (TPSA) is 54.9 Å². The summed E-state index contributed by atoms with van der Waals surface area (Å²) in [5.74, 6) is 0.00829. The minimum absolute atomic E-state index is 0.00829. The number of aromatic nitrogens is 1. The lowest BCUT2D eigenvalue weighted by Crippen LogP contribution is -2.60. The minimum atomic E-state index is -0.487. The Kier molecular flexibility index (Phi) is 4.80. The third-order valence-corrected chi connectivity index (χ3v) is 5.32. The van der Waals surface area contributed by atoms with Crippen molar-refractivity contribution in [2.24, 2.45) is 0 Å². The average Bonchev–Trinajstić information content (AvgIpc) is 3.09. The number of morpholine rings is 1. The fourth-order valence-electron chi connectivity index (χ4n) is 3.41. The number of hydrogen-bond acceptors (Lipinski definition) is 6. The fourth-order valence-corrected chi connectivity index (χ4v) is 4.05. The van der Waals surface area contributed by atoms with E-state index in [1.54, 1.807) is 11.3 Å². The summed E-state index contributed by atoms with van der Waals surface area (Å²) in [6, 6.07) is 6.04. The van der Waals surface area contributed by atoms with Crippen LogP contribution in [0.1, 0.15) is 5.56 Å². The van der Waals surface area contributed by atoms with Crippen molar-refractivity contribution in [1.29, 1.82) is 0 Å². The molecule has 4 rings (SSSR count). The molecule has 2 aliphatic rings. The van der Waals surface area contributed by atoms with Crippen molar-refractivity contribution in [2.75, 3.05) is 44.4 Å². The van der Waals surface area contributed by atoms with Gasteiger partial charge < -0.3 is 14.4 Å². The Balaban J connectivity index is 1.52. The number of amides is 1. The van der Waals surface area contributed by atoms with E-state index in [9.17, 15) is 4.79 Å². The molecule has 0 radical (unpaired) electrons. The Morgan fingerprint density at radius 2 is 2.12 bits per heavy atom. The lowest BCUT2D eigenvalue weighted by atomic mass is 10.0. The van der Waals surface area contributed by atoms with Gasteiger partial charge in [0.25, 0.3) is 5.91 Å². The van der Waals surface area contributed by atoms with Crippen molar-refractivity contribution in [2.45, 2.75) is 12.1 Å². The summed E-state index contributed by atoms with van der Waals surface area (Å²) in [6.07, 6.45) is 3.63. The summed E-state index contributed by atoms with van der Waals surface area (Å²) in [5, 5.41) is 3.99. The van der Waals surface area contributed by atoms with Gasteiger partial charge in [0.1, 0.15) is 12.2 Å². The second-order valence-electron chi connectivity index (χ2n) is 6.55. The lowest BCUT2D eigenvalue weighted by Gasteiger charge is -2.42.